The molecular formula is C38H44Cl2F3N3O5S. The first-order valence-electron chi connectivity index (χ1n) is 17.1. The molecule has 0 unspecified atom stereocenters. The number of nitrogens with zero attached hydrogens (tertiary/aromatic N) is 2. The van der Waals surface area contributed by atoms with Gasteiger partial charge in [-0.2, -0.15) is 17.5 Å². The fraction of sp³-hybridized carbons (Fsp3) is 0.447. The highest BCUT2D eigenvalue weighted by Gasteiger charge is 2.50. The van der Waals surface area contributed by atoms with Gasteiger partial charge in [-0.05, 0) is 106 Å². The number of nitrogens with one attached hydrogen (secondary N) is 1. The summed E-state index contributed by atoms with van der Waals surface area (Å²) in [6, 6.07) is 20.7. The lowest BCUT2D eigenvalue weighted by molar-refractivity contribution is -0.0516. The van der Waals surface area contributed by atoms with Gasteiger partial charge in [-0.25, -0.2) is 8.42 Å². The number of aromatic nitrogens is 1. The molecule has 5 rings (SSSR count). The number of rotatable bonds is 14. The summed E-state index contributed by atoms with van der Waals surface area (Å²) in [5.41, 5.74) is -2.49. The number of halogens is 5. The van der Waals surface area contributed by atoms with Gasteiger partial charge >= 0.3 is 15.5 Å². The Kier molecular flexibility index (Phi) is 12.4. The summed E-state index contributed by atoms with van der Waals surface area (Å²) < 4.78 is 77.2. The summed E-state index contributed by atoms with van der Waals surface area (Å²) in [6.45, 7) is 7.67. The summed E-state index contributed by atoms with van der Waals surface area (Å²) in [4.78, 5) is 4.73. The number of hydrogen-bond donors (Lipinski definition) is 2. The minimum Gasteiger partial charge on any atom is -0.485 e. The number of alkyl halides is 3. The maximum Gasteiger partial charge on any atom is 0.511 e. The number of aliphatic hydroxyl groups is 1. The number of aliphatic hydroxyl groups excluding tert-OH is 1. The Labute approximate surface area is 313 Å². The molecule has 52 heavy (non-hydrogen) atoms. The number of anilines is 1. The fourth-order valence-electron chi connectivity index (χ4n) is 6.37. The smallest absolute Gasteiger partial charge is 0.485 e. The van der Waals surface area contributed by atoms with Crippen molar-refractivity contribution in [1.29, 1.82) is 0 Å². The number of pyridine rings is 1. The van der Waals surface area contributed by atoms with E-state index in [4.69, 9.17) is 37.7 Å². The summed E-state index contributed by atoms with van der Waals surface area (Å²) in [5.74, 6) is 0.241. The van der Waals surface area contributed by atoms with E-state index in [1.165, 1.54) is 0 Å². The van der Waals surface area contributed by atoms with E-state index in [9.17, 15) is 26.7 Å². The van der Waals surface area contributed by atoms with Gasteiger partial charge in [-0.15, -0.1) is 0 Å². The third-order valence-corrected chi connectivity index (χ3v) is 11.4. The second-order valence-corrected chi connectivity index (χ2v) is 17.1. The third kappa shape index (κ3) is 9.69. The van der Waals surface area contributed by atoms with Crippen molar-refractivity contribution in [3.8, 4) is 5.75 Å². The molecule has 0 spiro atoms. The molecule has 14 heteroatoms. The van der Waals surface area contributed by atoms with Crippen LogP contribution in [0.1, 0.15) is 76.0 Å². The van der Waals surface area contributed by atoms with Gasteiger partial charge < -0.3 is 19.9 Å². The average Bonchev–Trinajstić information content (AvgIpc) is 3.06. The lowest BCUT2D eigenvalue weighted by Crippen LogP contribution is -2.47. The van der Waals surface area contributed by atoms with Crippen LogP contribution in [-0.2, 0) is 14.8 Å². The Hall–Kier alpha value is -3.13. The molecule has 1 aromatic heterocycles. The molecule has 0 radical (unpaired) electrons. The molecule has 1 aliphatic rings. The quantitative estimate of drug-likeness (QED) is 0.123. The maximum absolute atomic E-state index is 13.2. The van der Waals surface area contributed by atoms with E-state index in [1.807, 2.05) is 88.4 Å². The molecule has 4 aromatic rings. The molecule has 0 atom stereocenters. The van der Waals surface area contributed by atoms with Crippen molar-refractivity contribution in [2.24, 2.45) is 0 Å². The van der Waals surface area contributed by atoms with Crippen LogP contribution < -0.4 is 10.1 Å². The Morgan fingerprint density at radius 2 is 1.46 bits per heavy atom. The first kappa shape index (κ1) is 40.1. The number of piperidine rings is 1. The van der Waals surface area contributed by atoms with Gasteiger partial charge in [0.2, 0.25) is 0 Å². The van der Waals surface area contributed by atoms with Crippen LogP contribution in [0.5, 0.6) is 5.75 Å². The van der Waals surface area contributed by atoms with E-state index in [2.05, 4.69) is 5.32 Å². The maximum atomic E-state index is 13.2. The van der Waals surface area contributed by atoms with E-state index in [0.717, 1.165) is 22.1 Å². The fourth-order valence-corrected chi connectivity index (χ4v) is 7.61. The van der Waals surface area contributed by atoms with Crippen molar-refractivity contribution < 1.29 is 36.2 Å². The van der Waals surface area contributed by atoms with Gasteiger partial charge in [0.15, 0.2) is 0 Å². The Morgan fingerprint density at radius 3 is 2.00 bits per heavy atom. The van der Waals surface area contributed by atoms with Crippen molar-refractivity contribution in [1.82, 2.24) is 9.29 Å². The van der Waals surface area contributed by atoms with Crippen molar-refractivity contribution in [2.75, 3.05) is 31.6 Å². The monoisotopic (exact) mass is 781 g/mol. The summed E-state index contributed by atoms with van der Waals surface area (Å²) >= 11 is 12.6. The van der Waals surface area contributed by atoms with Gasteiger partial charge in [0, 0.05) is 65.4 Å². The highest BCUT2D eigenvalue weighted by Crippen LogP contribution is 2.41. The molecule has 2 heterocycles. The van der Waals surface area contributed by atoms with Gasteiger partial charge in [-0.3, -0.25) is 4.98 Å². The minimum absolute atomic E-state index is 0.0158. The van der Waals surface area contributed by atoms with E-state index in [0.29, 0.717) is 50.8 Å². The molecular weight excluding hydrogens is 738 g/mol. The highest BCUT2D eigenvalue weighted by atomic mass is 35.5. The molecule has 282 valence electrons. The lowest BCUT2D eigenvalue weighted by Gasteiger charge is -2.33. The zero-order valence-corrected chi connectivity index (χ0v) is 31.8. The molecule has 1 fully saturated rings. The molecule has 0 aliphatic carbocycles. The Morgan fingerprint density at radius 1 is 0.885 bits per heavy atom. The van der Waals surface area contributed by atoms with Crippen LogP contribution in [-0.4, -0.2) is 71.9 Å². The van der Waals surface area contributed by atoms with Crippen LogP contribution in [0.2, 0.25) is 10.0 Å². The Balaban J connectivity index is 1.55. The molecule has 0 saturated carbocycles. The van der Waals surface area contributed by atoms with E-state index in [1.54, 1.807) is 12.3 Å². The van der Waals surface area contributed by atoms with Crippen molar-refractivity contribution in [3.63, 3.8) is 0 Å². The van der Waals surface area contributed by atoms with Crippen LogP contribution in [0.4, 0.5) is 18.9 Å². The SMILES string of the molecule is CC(C)(CCO)OCCC(C)(C)Oc1cc(C(c2ccc(Cl)cc2)c2ccc(Cl)cc2)cc2c(NC3CCN(S(=O)(=O)C(F)(F)F)CC3)ccnc12. The largest absolute Gasteiger partial charge is 0.511 e. The first-order valence-corrected chi connectivity index (χ1v) is 19.3. The van der Waals surface area contributed by atoms with E-state index >= 15 is 0 Å². The first-order chi connectivity index (χ1) is 24.4. The predicted octanol–water partition coefficient (Wildman–Crippen LogP) is 9.17. The summed E-state index contributed by atoms with van der Waals surface area (Å²) in [7, 11) is -5.40. The molecule has 0 bridgehead atoms. The van der Waals surface area contributed by atoms with Crippen LogP contribution in [0, 0.1) is 0 Å². The van der Waals surface area contributed by atoms with Gasteiger partial charge in [0.25, 0.3) is 0 Å². The number of fused-ring (bicyclic) bond motifs is 1. The van der Waals surface area contributed by atoms with E-state index < -0.39 is 26.7 Å². The normalized spacial score (nSPS) is 15.4. The standard InChI is InChI=1S/C38H44Cl2F3N3O5S/c1-36(2,16-21-47)50-22-17-37(3,4)51-33-24-27(34(25-5-9-28(39)10-6-25)26-7-11-29(40)12-8-26)23-31-32(13-18-44-35(31)33)45-30-14-19-46(20-15-30)52(48,49)38(41,42)43/h5-13,18,23-24,30,34,47H,14-17,19-22H2,1-4H3,(H,44,45). The average molecular weight is 783 g/mol. The number of ether oxygens (including phenoxy) is 2. The zero-order valence-electron chi connectivity index (χ0n) is 29.5. The Bertz CT molecular complexity index is 1890. The predicted molar refractivity (Wildman–Crippen MR) is 200 cm³/mol. The highest BCUT2D eigenvalue weighted by molar-refractivity contribution is 7.90. The minimum atomic E-state index is -5.40. The number of hydrogen-bond acceptors (Lipinski definition) is 7. The van der Waals surface area contributed by atoms with Crippen molar-refractivity contribution in [2.45, 2.75) is 82.0 Å². The van der Waals surface area contributed by atoms with Crippen molar-refractivity contribution in [3.05, 3.63) is 99.7 Å². The van der Waals surface area contributed by atoms with Gasteiger partial charge in [-0.1, -0.05) is 47.5 Å². The summed E-state index contributed by atoms with van der Waals surface area (Å²) in [6.07, 6.45) is 3.03. The zero-order chi connectivity index (χ0) is 37.9. The number of sulfonamides is 1. The second-order valence-electron chi connectivity index (χ2n) is 14.3. The molecule has 3 aromatic carbocycles. The molecule has 8 nitrogen and oxygen atoms in total. The van der Waals surface area contributed by atoms with Crippen LogP contribution in [0.3, 0.4) is 0 Å². The molecule has 0 amide bonds. The van der Waals surface area contributed by atoms with Crippen LogP contribution in [0.15, 0.2) is 72.9 Å². The third-order valence-electron chi connectivity index (χ3n) is 9.32. The summed E-state index contributed by atoms with van der Waals surface area (Å²) in [5, 5.41) is 14.8. The number of benzene rings is 3. The molecule has 1 aliphatic heterocycles. The topological polar surface area (TPSA) is 101 Å². The van der Waals surface area contributed by atoms with Crippen LogP contribution >= 0.6 is 23.2 Å². The van der Waals surface area contributed by atoms with E-state index in [-0.39, 0.29) is 44.5 Å². The lowest BCUT2D eigenvalue weighted by atomic mass is 9.84. The van der Waals surface area contributed by atoms with Crippen molar-refractivity contribution >= 4 is 49.8 Å². The van der Waals surface area contributed by atoms with Gasteiger partial charge in [0.1, 0.15) is 16.9 Å². The van der Waals surface area contributed by atoms with Gasteiger partial charge in [0.05, 0.1) is 12.2 Å². The molecule has 1 saturated heterocycles. The van der Waals surface area contributed by atoms with Crippen LogP contribution in [0.25, 0.3) is 10.9 Å². The second kappa shape index (κ2) is 16.1. The molecule has 2 N–H and O–H groups in total.